The lowest BCUT2D eigenvalue weighted by Crippen LogP contribution is -2.04. The number of isocyanates is 1. The van der Waals surface area contributed by atoms with Gasteiger partial charge in [0.05, 0.1) is 11.8 Å². The van der Waals surface area contributed by atoms with Crippen molar-refractivity contribution in [2.24, 2.45) is 4.99 Å². The minimum Gasteiger partial charge on any atom is -0.359 e. The van der Waals surface area contributed by atoms with Crippen molar-refractivity contribution in [3.8, 4) is 0 Å². The Morgan fingerprint density at radius 2 is 1.95 bits per heavy atom. The maximum absolute atomic E-state index is 12.4. The highest BCUT2D eigenvalue weighted by Gasteiger charge is 2.29. The number of nitrogens with zero attached hydrogens (tertiary/aromatic N) is 2. The summed E-state index contributed by atoms with van der Waals surface area (Å²) in [5, 5.41) is 3.47. The Kier molecular flexibility index (Phi) is 3.48. The van der Waals surface area contributed by atoms with Crippen LogP contribution < -0.4 is 0 Å². The van der Waals surface area contributed by atoms with Gasteiger partial charge in [-0.2, -0.15) is 18.2 Å². The van der Waals surface area contributed by atoms with E-state index in [4.69, 9.17) is 4.52 Å². The standard InChI is InChI=1S/C12H7F3N2O2/c13-12(14,15)9-3-1-8(2-4-9)5-11-10(16-7-18)6-17-19-11/h1-4,6H,5H2. The summed E-state index contributed by atoms with van der Waals surface area (Å²) in [6, 6.07) is 4.63. The van der Waals surface area contributed by atoms with E-state index in [-0.39, 0.29) is 12.1 Å². The second-order valence-corrected chi connectivity index (χ2v) is 3.71. The lowest BCUT2D eigenvalue weighted by atomic mass is 10.1. The van der Waals surface area contributed by atoms with Crippen LogP contribution in [0.1, 0.15) is 16.9 Å². The molecule has 19 heavy (non-hydrogen) atoms. The first-order valence-corrected chi connectivity index (χ1v) is 5.18. The zero-order valence-electron chi connectivity index (χ0n) is 9.44. The average molecular weight is 268 g/mol. The van der Waals surface area contributed by atoms with Crippen molar-refractivity contribution in [1.82, 2.24) is 5.16 Å². The Bertz CT molecular complexity index is 611. The molecule has 0 unspecified atom stereocenters. The smallest absolute Gasteiger partial charge is 0.359 e. The minimum absolute atomic E-state index is 0.193. The van der Waals surface area contributed by atoms with Crippen molar-refractivity contribution in [2.45, 2.75) is 12.6 Å². The SMILES string of the molecule is O=C=Nc1cnoc1Cc1ccc(C(F)(F)F)cc1. The molecule has 0 aliphatic heterocycles. The van der Waals surface area contributed by atoms with E-state index < -0.39 is 11.7 Å². The van der Waals surface area contributed by atoms with E-state index in [9.17, 15) is 18.0 Å². The second-order valence-electron chi connectivity index (χ2n) is 3.71. The normalized spacial score (nSPS) is 11.1. The molecule has 0 amide bonds. The molecule has 0 aliphatic carbocycles. The highest BCUT2D eigenvalue weighted by atomic mass is 19.4. The monoisotopic (exact) mass is 268 g/mol. The number of aromatic nitrogens is 1. The third kappa shape index (κ3) is 3.08. The topological polar surface area (TPSA) is 55.5 Å². The van der Waals surface area contributed by atoms with E-state index in [1.807, 2.05) is 0 Å². The molecule has 1 heterocycles. The Hall–Kier alpha value is -2.40. The van der Waals surface area contributed by atoms with Crippen LogP contribution in [0.3, 0.4) is 0 Å². The first-order valence-electron chi connectivity index (χ1n) is 5.18. The second kappa shape index (κ2) is 5.07. The first kappa shape index (κ1) is 13.0. The van der Waals surface area contributed by atoms with Crippen molar-refractivity contribution in [3.63, 3.8) is 0 Å². The van der Waals surface area contributed by atoms with E-state index in [0.717, 1.165) is 12.1 Å². The molecule has 0 radical (unpaired) electrons. The minimum atomic E-state index is -4.36. The van der Waals surface area contributed by atoms with Crippen molar-refractivity contribution in [2.75, 3.05) is 0 Å². The number of alkyl halides is 3. The summed E-state index contributed by atoms with van der Waals surface area (Å²) in [7, 11) is 0. The molecule has 0 saturated carbocycles. The molecule has 1 aromatic heterocycles. The van der Waals surface area contributed by atoms with Crippen LogP contribution in [-0.4, -0.2) is 11.2 Å². The lowest BCUT2D eigenvalue weighted by molar-refractivity contribution is -0.137. The van der Waals surface area contributed by atoms with Gasteiger partial charge in [-0.15, -0.1) is 0 Å². The van der Waals surface area contributed by atoms with Crippen molar-refractivity contribution >= 4 is 11.8 Å². The molecule has 0 spiro atoms. The Morgan fingerprint density at radius 3 is 2.53 bits per heavy atom. The summed E-state index contributed by atoms with van der Waals surface area (Å²) < 4.78 is 42.0. The molecular weight excluding hydrogens is 261 g/mol. The molecule has 0 N–H and O–H groups in total. The van der Waals surface area contributed by atoms with Gasteiger partial charge in [-0.25, -0.2) is 4.79 Å². The van der Waals surface area contributed by atoms with E-state index in [0.29, 0.717) is 11.3 Å². The number of benzene rings is 1. The van der Waals surface area contributed by atoms with Crippen molar-refractivity contribution in [3.05, 3.63) is 47.3 Å². The number of halogens is 3. The van der Waals surface area contributed by atoms with Crippen molar-refractivity contribution < 1.29 is 22.5 Å². The van der Waals surface area contributed by atoms with Crippen LogP contribution >= 0.6 is 0 Å². The fourth-order valence-corrected chi connectivity index (χ4v) is 1.52. The molecule has 0 fully saturated rings. The third-order valence-electron chi connectivity index (χ3n) is 2.44. The third-order valence-corrected chi connectivity index (χ3v) is 2.44. The molecule has 1 aromatic carbocycles. The van der Waals surface area contributed by atoms with Gasteiger partial charge in [-0.05, 0) is 17.7 Å². The van der Waals surface area contributed by atoms with Crippen molar-refractivity contribution in [1.29, 1.82) is 0 Å². The van der Waals surface area contributed by atoms with E-state index >= 15 is 0 Å². The van der Waals surface area contributed by atoms with Gasteiger partial charge < -0.3 is 4.52 Å². The number of rotatable bonds is 3. The quantitative estimate of drug-likeness (QED) is 0.634. The van der Waals surface area contributed by atoms with E-state index in [1.165, 1.54) is 24.4 Å². The van der Waals surface area contributed by atoms with Crippen LogP contribution in [0.15, 0.2) is 40.0 Å². The largest absolute Gasteiger partial charge is 0.416 e. The van der Waals surface area contributed by atoms with Gasteiger partial charge in [0.15, 0.2) is 5.76 Å². The molecule has 98 valence electrons. The molecule has 2 rings (SSSR count). The number of carbonyl (C=O) groups excluding carboxylic acids is 1. The van der Waals surface area contributed by atoms with Gasteiger partial charge in [-0.1, -0.05) is 17.3 Å². The summed E-state index contributed by atoms with van der Waals surface area (Å²) in [5.74, 6) is 0.295. The van der Waals surface area contributed by atoms with Gasteiger partial charge in [0, 0.05) is 6.42 Å². The Balaban J connectivity index is 2.20. The van der Waals surface area contributed by atoms with Crippen LogP contribution in [0.5, 0.6) is 0 Å². The summed E-state index contributed by atoms with van der Waals surface area (Å²) in [5.41, 5.74) is 0.0851. The first-order chi connectivity index (χ1) is 9.00. The summed E-state index contributed by atoms with van der Waals surface area (Å²) >= 11 is 0. The molecule has 2 aromatic rings. The molecule has 7 heteroatoms. The fraction of sp³-hybridized carbons (Fsp3) is 0.167. The summed E-state index contributed by atoms with van der Waals surface area (Å²) in [4.78, 5) is 13.5. The lowest BCUT2D eigenvalue weighted by Gasteiger charge is -2.06. The predicted molar refractivity (Wildman–Crippen MR) is 58.5 cm³/mol. The summed E-state index contributed by atoms with van der Waals surface area (Å²) in [6.07, 6.45) is -1.58. The van der Waals surface area contributed by atoms with Gasteiger partial charge >= 0.3 is 6.18 Å². The highest BCUT2D eigenvalue weighted by molar-refractivity contribution is 5.50. The summed E-state index contributed by atoms with van der Waals surface area (Å²) in [6.45, 7) is 0. The van der Waals surface area contributed by atoms with E-state index in [2.05, 4.69) is 10.1 Å². The van der Waals surface area contributed by atoms with Gasteiger partial charge in [-0.3, -0.25) is 0 Å². The fourth-order valence-electron chi connectivity index (χ4n) is 1.52. The highest BCUT2D eigenvalue weighted by Crippen LogP contribution is 2.29. The van der Waals surface area contributed by atoms with Gasteiger partial charge in [0.1, 0.15) is 5.69 Å². The van der Waals surface area contributed by atoms with Gasteiger partial charge in [0.2, 0.25) is 6.08 Å². The predicted octanol–water partition coefficient (Wildman–Crippen LogP) is 3.25. The Morgan fingerprint density at radius 1 is 1.26 bits per heavy atom. The molecular formula is C12H7F3N2O2. The number of hydrogen-bond donors (Lipinski definition) is 0. The number of aliphatic imine (C=N–C) groups is 1. The molecule has 0 aliphatic rings. The van der Waals surface area contributed by atoms with Crippen LogP contribution in [0.4, 0.5) is 18.9 Å². The maximum Gasteiger partial charge on any atom is 0.416 e. The number of hydrogen-bond acceptors (Lipinski definition) is 4. The zero-order valence-corrected chi connectivity index (χ0v) is 9.44. The molecule has 0 saturated heterocycles. The zero-order chi connectivity index (χ0) is 13.9. The molecule has 0 bridgehead atoms. The molecule has 0 atom stereocenters. The molecule has 4 nitrogen and oxygen atoms in total. The van der Waals surface area contributed by atoms with Crippen LogP contribution in [0.2, 0.25) is 0 Å². The van der Waals surface area contributed by atoms with E-state index in [1.54, 1.807) is 0 Å². The van der Waals surface area contributed by atoms with Gasteiger partial charge in [0.25, 0.3) is 0 Å². The van der Waals surface area contributed by atoms with Crippen LogP contribution in [0, 0.1) is 0 Å². The average Bonchev–Trinajstić information content (AvgIpc) is 2.77. The van der Waals surface area contributed by atoms with Crippen LogP contribution in [-0.2, 0) is 17.4 Å². The maximum atomic E-state index is 12.4. The van der Waals surface area contributed by atoms with Crippen LogP contribution in [0.25, 0.3) is 0 Å². The Labute approximate surface area is 105 Å².